The molecular formula is C26H49N9O7. The van der Waals surface area contributed by atoms with Gasteiger partial charge in [-0.25, -0.2) is 4.79 Å². The van der Waals surface area contributed by atoms with E-state index < -0.39 is 71.8 Å². The summed E-state index contributed by atoms with van der Waals surface area (Å²) in [7, 11) is 0. The molecule has 0 saturated carbocycles. The van der Waals surface area contributed by atoms with E-state index in [4.69, 9.17) is 22.9 Å². The second-order valence-corrected chi connectivity index (χ2v) is 10.9. The highest BCUT2D eigenvalue weighted by molar-refractivity contribution is 5.96. The van der Waals surface area contributed by atoms with Gasteiger partial charge < -0.3 is 54.0 Å². The minimum Gasteiger partial charge on any atom is -0.480 e. The van der Waals surface area contributed by atoms with E-state index in [2.05, 4.69) is 20.9 Å². The van der Waals surface area contributed by atoms with Crippen molar-refractivity contribution in [2.75, 3.05) is 19.6 Å². The molecule has 4 amide bonds. The fourth-order valence-electron chi connectivity index (χ4n) is 4.58. The highest BCUT2D eigenvalue weighted by atomic mass is 16.4. The van der Waals surface area contributed by atoms with E-state index in [1.807, 2.05) is 0 Å². The number of carbonyl (C=O) groups excluding carboxylic acids is 4. The molecule has 16 heteroatoms. The van der Waals surface area contributed by atoms with Crippen LogP contribution in [0.2, 0.25) is 0 Å². The molecule has 1 aliphatic rings. The summed E-state index contributed by atoms with van der Waals surface area (Å²) in [5, 5.41) is 27.4. The molecule has 0 aromatic heterocycles. The normalized spacial score (nSPS) is 18.4. The maximum atomic E-state index is 13.4. The van der Waals surface area contributed by atoms with Gasteiger partial charge in [0.15, 0.2) is 5.96 Å². The number of nitrogens with two attached hydrogens (primary N) is 4. The zero-order valence-corrected chi connectivity index (χ0v) is 24.8. The molecule has 0 aromatic rings. The fraction of sp³-hybridized carbons (Fsp3) is 0.769. The van der Waals surface area contributed by atoms with E-state index in [1.165, 1.54) is 11.8 Å². The largest absolute Gasteiger partial charge is 0.480 e. The van der Waals surface area contributed by atoms with Crippen LogP contribution in [0, 0.1) is 5.92 Å². The SMILES string of the molecule is CC(C)[C@H](NC(=O)[C@H](CCCCN)NC(=O)[C@@H]1CCCN1C(=O)[C@@H](NC(=O)[C@@H](N)CCCN=C(N)N)[C@@H](C)O)C(=O)O. The smallest absolute Gasteiger partial charge is 0.326 e. The zero-order valence-electron chi connectivity index (χ0n) is 24.8. The van der Waals surface area contributed by atoms with Gasteiger partial charge in [-0.05, 0) is 64.3 Å². The van der Waals surface area contributed by atoms with Gasteiger partial charge in [0.2, 0.25) is 23.6 Å². The summed E-state index contributed by atoms with van der Waals surface area (Å²) in [5.74, 6) is -4.25. The molecule has 1 saturated heterocycles. The Balaban J connectivity index is 2.98. The number of nitrogens with one attached hydrogen (secondary N) is 3. The zero-order chi connectivity index (χ0) is 32.0. The molecule has 0 spiro atoms. The maximum Gasteiger partial charge on any atom is 0.326 e. The number of nitrogens with zero attached hydrogens (tertiary/aromatic N) is 2. The van der Waals surface area contributed by atoms with Crippen molar-refractivity contribution in [3.8, 4) is 0 Å². The number of hydrogen-bond donors (Lipinski definition) is 9. The Morgan fingerprint density at radius 3 is 2.14 bits per heavy atom. The Morgan fingerprint density at radius 2 is 1.60 bits per heavy atom. The van der Waals surface area contributed by atoms with Crippen molar-refractivity contribution in [3.05, 3.63) is 0 Å². The minimum atomic E-state index is -1.36. The van der Waals surface area contributed by atoms with Crippen LogP contribution in [0.3, 0.4) is 0 Å². The Morgan fingerprint density at radius 1 is 0.952 bits per heavy atom. The average molecular weight is 600 g/mol. The molecule has 13 N–H and O–H groups in total. The Kier molecular flexibility index (Phi) is 15.8. The molecule has 16 nitrogen and oxygen atoms in total. The predicted molar refractivity (Wildman–Crippen MR) is 155 cm³/mol. The molecule has 1 fully saturated rings. The summed E-state index contributed by atoms with van der Waals surface area (Å²) in [6, 6.07) is -5.51. The van der Waals surface area contributed by atoms with E-state index in [0.29, 0.717) is 38.6 Å². The van der Waals surface area contributed by atoms with Crippen molar-refractivity contribution in [2.24, 2.45) is 33.8 Å². The molecule has 0 bridgehead atoms. The number of carboxylic acids is 1. The van der Waals surface area contributed by atoms with E-state index in [0.717, 1.165) is 0 Å². The summed E-state index contributed by atoms with van der Waals surface area (Å²) in [5.41, 5.74) is 22.1. The lowest BCUT2D eigenvalue weighted by Crippen LogP contribution is -2.60. The van der Waals surface area contributed by atoms with Gasteiger partial charge in [0, 0.05) is 13.1 Å². The molecule has 0 aliphatic carbocycles. The predicted octanol–water partition coefficient (Wildman–Crippen LogP) is -2.94. The monoisotopic (exact) mass is 599 g/mol. The number of hydrogen-bond acceptors (Lipinski definition) is 9. The van der Waals surface area contributed by atoms with Crippen molar-refractivity contribution >= 4 is 35.6 Å². The summed E-state index contributed by atoms with van der Waals surface area (Å²) in [4.78, 5) is 69.2. The van der Waals surface area contributed by atoms with Crippen molar-refractivity contribution in [3.63, 3.8) is 0 Å². The number of unbranched alkanes of at least 4 members (excludes halogenated alkanes) is 1. The molecule has 42 heavy (non-hydrogen) atoms. The van der Waals surface area contributed by atoms with Crippen LogP contribution >= 0.6 is 0 Å². The van der Waals surface area contributed by atoms with Crippen molar-refractivity contribution in [1.29, 1.82) is 0 Å². The average Bonchev–Trinajstić information content (AvgIpc) is 3.41. The number of amides is 4. The lowest BCUT2D eigenvalue weighted by atomic mass is 10.0. The highest BCUT2D eigenvalue weighted by Crippen LogP contribution is 2.20. The second kappa shape index (κ2) is 18.1. The summed E-state index contributed by atoms with van der Waals surface area (Å²) < 4.78 is 0. The third-order valence-electron chi connectivity index (χ3n) is 7.00. The molecule has 0 aromatic carbocycles. The summed E-state index contributed by atoms with van der Waals surface area (Å²) in [6.45, 7) is 5.48. The first-order valence-electron chi connectivity index (χ1n) is 14.3. The van der Waals surface area contributed by atoms with E-state index in [-0.39, 0.29) is 31.9 Å². The number of aliphatic carboxylic acids is 1. The number of rotatable bonds is 18. The van der Waals surface area contributed by atoms with Gasteiger partial charge in [0.25, 0.3) is 0 Å². The standard InChI is InChI=1S/C26H49N9O7/c1-14(2)19(25(41)42)33-22(38)17(9-4-5-11-27)32-23(39)18-10-7-13-35(18)24(40)20(15(3)36)34-21(37)16(28)8-6-12-31-26(29)30/h14-20,36H,4-13,27-28H2,1-3H3,(H,32,39)(H,33,38)(H,34,37)(H,41,42)(H4,29,30,31)/t15-,16+,17+,18+,19+,20+/m1/s1. The first-order valence-corrected chi connectivity index (χ1v) is 14.3. The van der Waals surface area contributed by atoms with E-state index in [1.54, 1.807) is 13.8 Å². The lowest BCUT2D eigenvalue weighted by Gasteiger charge is -2.31. The first kappa shape index (κ1) is 36.5. The number of aliphatic imine (C=N–C) groups is 1. The molecule has 0 radical (unpaired) electrons. The fourth-order valence-corrected chi connectivity index (χ4v) is 4.58. The van der Waals surface area contributed by atoms with Gasteiger partial charge in [-0.15, -0.1) is 0 Å². The third-order valence-corrected chi connectivity index (χ3v) is 7.00. The van der Waals surface area contributed by atoms with Gasteiger partial charge in [-0.1, -0.05) is 13.8 Å². The van der Waals surface area contributed by atoms with Crippen LogP contribution in [0.4, 0.5) is 0 Å². The quantitative estimate of drug-likeness (QED) is 0.0436. The van der Waals surface area contributed by atoms with Crippen LogP contribution < -0.4 is 38.9 Å². The minimum absolute atomic E-state index is 0.0838. The molecule has 1 aliphatic heterocycles. The number of aliphatic hydroxyl groups is 1. The van der Waals surface area contributed by atoms with Gasteiger partial charge in [-0.3, -0.25) is 24.2 Å². The number of aliphatic hydroxyl groups excluding tert-OH is 1. The number of carboxylic acid groups (broad SMARTS) is 1. The Labute approximate surface area is 246 Å². The lowest BCUT2D eigenvalue weighted by molar-refractivity contribution is -0.145. The van der Waals surface area contributed by atoms with Crippen LogP contribution in [0.25, 0.3) is 0 Å². The van der Waals surface area contributed by atoms with Crippen LogP contribution in [-0.2, 0) is 24.0 Å². The van der Waals surface area contributed by atoms with Crippen LogP contribution in [0.5, 0.6) is 0 Å². The van der Waals surface area contributed by atoms with E-state index >= 15 is 0 Å². The van der Waals surface area contributed by atoms with Crippen LogP contribution in [-0.4, -0.2) is 107 Å². The maximum absolute atomic E-state index is 13.4. The molecule has 240 valence electrons. The van der Waals surface area contributed by atoms with Crippen LogP contribution in [0.1, 0.15) is 65.7 Å². The number of likely N-dealkylation sites (tertiary alicyclic amines) is 1. The molecule has 6 atom stereocenters. The van der Waals surface area contributed by atoms with Crippen molar-refractivity contribution in [1.82, 2.24) is 20.9 Å². The number of guanidine groups is 1. The van der Waals surface area contributed by atoms with Gasteiger partial charge >= 0.3 is 5.97 Å². The molecule has 1 heterocycles. The molecular weight excluding hydrogens is 550 g/mol. The van der Waals surface area contributed by atoms with Crippen molar-refractivity contribution < 1.29 is 34.2 Å². The van der Waals surface area contributed by atoms with Gasteiger partial charge in [-0.2, -0.15) is 0 Å². The number of carbonyl (C=O) groups is 5. The highest BCUT2D eigenvalue weighted by Gasteiger charge is 2.40. The Bertz CT molecular complexity index is 956. The topological polar surface area (TPSA) is 282 Å². The summed E-state index contributed by atoms with van der Waals surface area (Å²) in [6.07, 6.45) is 1.43. The summed E-state index contributed by atoms with van der Waals surface area (Å²) >= 11 is 0. The first-order chi connectivity index (χ1) is 19.7. The third kappa shape index (κ3) is 11.8. The molecule has 1 rings (SSSR count). The second-order valence-electron chi connectivity index (χ2n) is 10.9. The molecule has 0 unspecified atom stereocenters. The van der Waals surface area contributed by atoms with Gasteiger partial charge in [0.05, 0.1) is 12.1 Å². The Hall–Kier alpha value is -3.50. The van der Waals surface area contributed by atoms with E-state index in [9.17, 15) is 34.2 Å². The van der Waals surface area contributed by atoms with Crippen LogP contribution in [0.15, 0.2) is 4.99 Å². The van der Waals surface area contributed by atoms with Crippen molar-refractivity contribution in [2.45, 2.75) is 102 Å². The van der Waals surface area contributed by atoms with Gasteiger partial charge in [0.1, 0.15) is 24.2 Å².